The minimum atomic E-state index is -0.841. The van der Waals surface area contributed by atoms with Gasteiger partial charge in [0.2, 0.25) is 0 Å². The van der Waals surface area contributed by atoms with E-state index in [2.05, 4.69) is 21.1 Å². The molecular formula is C24H21BrN2O4. The molecule has 1 unspecified atom stereocenters. The van der Waals surface area contributed by atoms with Gasteiger partial charge in [-0.2, -0.15) is 0 Å². The molecule has 1 aliphatic rings. The third-order valence-corrected chi connectivity index (χ3v) is 5.69. The summed E-state index contributed by atoms with van der Waals surface area (Å²) in [5.41, 5.74) is 0.813. The molecule has 4 rings (SSSR count). The zero-order chi connectivity index (χ0) is 22.3. The van der Waals surface area contributed by atoms with Crippen molar-refractivity contribution in [3.8, 4) is 0 Å². The van der Waals surface area contributed by atoms with Gasteiger partial charge in [-0.1, -0.05) is 84.3 Å². The van der Waals surface area contributed by atoms with E-state index in [0.717, 1.165) is 4.47 Å². The van der Waals surface area contributed by atoms with E-state index in [4.69, 9.17) is 4.52 Å². The first-order chi connectivity index (χ1) is 14.7. The fourth-order valence-corrected chi connectivity index (χ4v) is 3.78. The first-order valence-electron chi connectivity index (χ1n) is 9.77. The minimum absolute atomic E-state index is 0.0128. The topological polar surface area (TPSA) is 83.6 Å². The molecule has 2 heterocycles. The van der Waals surface area contributed by atoms with Crippen LogP contribution < -0.4 is 4.90 Å². The maximum Gasteiger partial charge on any atom is 0.301 e. The number of carbonyl (C=O) groups excluding carboxylic acids is 2. The molecule has 1 aromatic heterocycles. The Morgan fingerprint density at radius 1 is 1.06 bits per heavy atom. The van der Waals surface area contributed by atoms with Crippen LogP contribution in [0.3, 0.4) is 0 Å². The predicted octanol–water partition coefficient (Wildman–Crippen LogP) is 5.36. The molecule has 0 radical (unpaired) electrons. The van der Waals surface area contributed by atoms with E-state index in [-0.39, 0.29) is 22.6 Å². The van der Waals surface area contributed by atoms with Gasteiger partial charge in [-0.15, -0.1) is 0 Å². The molecule has 3 aromatic rings. The Morgan fingerprint density at radius 2 is 1.71 bits per heavy atom. The molecule has 1 saturated heterocycles. The van der Waals surface area contributed by atoms with Crippen LogP contribution in [0.2, 0.25) is 0 Å². The summed E-state index contributed by atoms with van der Waals surface area (Å²) in [7, 11) is 0. The highest BCUT2D eigenvalue weighted by Gasteiger charge is 2.48. The molecule has 1 N–H and O–H groups in total. The number of halogens is 1. The molecule has 31 heavy (non-hydrogen) atoms. The van der Waals surface area contributed by atoms with Gasteiger partial charge in [0.05, 0.1) is 11.6 Å². The molecule has 158 valence electrons. The lowest BCUT2D eigenvalue weighted by atomic mass is 9.93. The van der Waals surface area contributed by atoms with Crippen molar-refractivity contribution < 1.29 is 19.2 Å². The van der Waals surface area contributed by atoms with Crippen LogP contribution in [0.15, 0.2) is 75.2 Å². The van der Waals surface area contributed by atoms with E-state index in [1.165, 1.54) is 4.90 Å². The summed E-state index contributed by atoms with van der Waals surface area (Å²) in [6.45, 7) is 5.90. The normalized spacial score (nSPS) is 18.6. The standard InChI is InChI=1S/C24H21BrN2O4/c1-24(2,3)17-13-18(26-31-17)27-20(14-9-11-16(25)12-10-14)19(22(29)23(27)30)21(28)15-7-5-4-6-8-15/h4-13,20,28H,1-3H3. The number of aliphatic hydroxyl groups excluding tert-OH is 1. The van der Waals surface area contributed by atoms with Crippen LogP contribution in [0.1, 0.15) is 43.7 Å². The summed E-state index contributed by atoms with van der Waals surface area (Å²) in [4.78, 5) is 27.5. The van der Waals surface area contributed by atoms with Crippen molar-refractivity contribution in [2.24, 2.45) is 0 Å². The zero-order valence-electron chi connectivity index (χ0n) is 17.3. The summed E-state index contributed by atoms with van der Waals surface area (Å²) in [5, 5.41) is 15.1. The summed E-state index contributed by atoms with van der Waals surface area (Å²) in [6.07, 6.45) is 0. The van der Waals surface area contributed by atoms with Crippen molar-refractivity contribution in [2.45, 2.75) is 32.2 Å². The highest BCUT2D eigenvalue weighted by atomic mass is 79.9. The number of anilines is 1. The van der Waals surface area contributed by atoms with E-state index >= 15 is 0 Å². The second-order valence-corrected chi connectivity index (χ2v) is 9.30. The smallest absolute Gasteiger partial charge is 0.301 e. The van der Waals surface area contributed by atoms with Gasteiger partial charge in [-0.3, -0.25) is 14.5 Å². The maximum atomic E-state index is 13.1. The van der Waals surface area contributed by atoms with E-state index in [1.807, 2.05) is 39.0 Å². The quantitative estimate of drug-likeness (QED) is 0.309. The largest absolute Gasteiger partial charge is 0.507 e. The van der Waals surface area contributed by atoms with Crippen LogP contribution in [-0.4, -0.2) is 22.0 Å². The van der Waals surface area contributed by atoms with Crippen molar-refractivity contribution >= 4 is 39.2 Å². The number of amides is 1. The average Bonchev–Trinajstić information content (AvgIpc) is 3.33. The number of hydrogen-bond donors (Lipinski definition) is 1. The Balaban J connectivity index is 1.92. The second kappa shape index (κ2) is 7.81. The number of benzene rings is 2. The average molecular weight is 481 g/mol. The fraction of sp³-hybridized carbons (Fsp3) is 0.208. The zero-order valence-corrected chi connectivity index (χ0v) is 18.9. The van der Waals surface area contributed by atoms with Crippen LogP contribution in [-0.2, 0) is 15.0 Å². The second-order valence-electron chi connectivity index (χ2n) is 8.39. The predicted molar refractivity (Wildman–Crippen MR) is 121 cm³/mol. The number of aromatic nitrogens is 1. The molecule has 6 nitrogen and oxygen atoms in total. The van der Waals surface area contributed by atoms with Crippen LogP contribution in [0, 0.1) is 0 Å². The fourth-order valence-electron chi connectivity index (χ4n) is 3.51. The van der Waals surface area contributed by atoms with Crippen molar-refractivity contribution in [2.75, 3.05) is 4.90 Å². The Hall–Kier alpha value is -3.19. The van der Waals surface area contributed by atoms with Crippen LogP contribution in [0.25, 0.3) is 5.76 Å². The molecule has 0 saturated carbocycles. The van der Waals surface area contributed by atoms with Crippen molar-refractivity contribution in [1.29, 1.82) is 0 Å². The summed E-state index contributed by atoms with van der Waals surface area (Å²) in [5.74, 6) is -0.947. The van der Waals surface area contributed by atoms with E-state index in [0.29, 0.717) is 16.9 Å². The van der Waals surface area contributed by atoms with Gasteiger partial charge in [0, 0.05) is 21.5 Å². The van der Waals surface area contributed by atoms with Crippen molar-refractivity contribution in [3.05, 3.63) is 87.6 Å². The van der Waals surface area contributed by atoms with E-state index in [1.54, 1.807) is 42.5 Å². The molecule has 1 amide bonds. The monoisotopic (exact) mass is 480 g/mol. The van der Waals surface area contributed by atoms with Crippen LogP contribution >= 0.6 is 15.9 Å². The lowest BCUT2D eigenvalue weighted by molar-refractivity contribution is -0.132. The van der Waals surface area contributed by atoms with Gasteiger partial charge in [-0.25, -0.2) is 0 Å². The number of Topliss-reactive ketones (excluding diaryl/α,β-unsaturated/α-hetero) is 1. The first kappa shape index (κ1) is 21.1. The minimum Gasteiger partial charge on any atom is -0.507 e. The molecule has 2 aromatic carbocycles. The third kappa shape index (κ3) is 3.81. The maximum absolute atomic E-state index is 13.1. The number of ketones is 1. The molecule has 0 spiro atoms. The third-order valence-electron chi connectivity index (χ3n) is 5.16. The SMILES string of the molecule is CC(C)(C)c1cc(N2C(=O)C(=O)C(=C(O)c3ccccc3)C2c2ccc(Br)cc2)no1. The van der Waals surface area contributed by atoms with Gasteiger partial charge >= 0.3 is 5.91 Å². The number of carbonyl (C=O) groups is 2. The number of nitrogens with zero attached hydrogens (tertiary/aromatic N) is 2. The summed E-state index contributed by atoms with van der Waals surface area (Å²) < 4.78 is 6.32. The molecule has 1 atom stereocenters. The molecule has 1 aliphatic heterocycles. The highest BCUT2D eigenvalue weighted by molar-refractivity contribution is 9.10. The molecule has 0 aliphatic carbocycles. The van der Waals surface area contributed by atoms with Gasteiger partial charge in [-0.05, 0) is 17.7 Å². The lowest BCUT2D eigenvalue weighted by Crippen LogP contribution is -2.29. The van der Waals surface area contributed by atoms with Gasteiger partial charge in [0.25, 0.3) is 5.78 Å². The summed E-state index contributed by atoms with van der Waals surface area (Å²) in [6, 6.07) is 16.8. The van der Waals surface area contributed by atoms with Crippen LogP contribution in [0.4, 0.5) is 5.82 Å². The Labute approximate surface area is 188 Å². The molecule has 1 fully saturated rings. The van der Waals surface area contributed by atoms with Crippen molar-refractivity contribution in [1.82, 2.24) is 5.16 Å². The highest BCUT2D eigenvalue weighted by Crippen LogP contribution is 2.42. The molecule has 7 heteroatoms. The van der Waals surface area contributed by atoms with E-state index in [9.17, 15) is 14.7 Å². The Morgan fingerprint density at radius 3 is 2.29 bits per heavy atom. The van der Waals surface area contributed by atoms with Gasteiger partial charge in [0.15, 0.2) is 5.82 Å². The van der Waals surface area contributed by atoms with Crippen molar-refractivity contribution in [3.63, 3.8) is 0 Å². The first-order valence-corrected chi connectivity index (χ1v) is 10.6. The number of rotatable bonds is 3. The lowest BCUT2D eigenvalue weighted by Gasteiger charge is -2.23. The van der Waals surface area contributed by atoms with E-state index < -0.39 is 17.7 Å². The Bertz CT molecular complexity index is 1170. The number of hydrogen-bond acceptors (Lipinski definition) is 5. The Kier molecular flexibility index (Phi) is 5.31. The molecular weight excluding hydrogens is 460 g/mol. The summed E-state index contributed by atoms with van der Waals surface area (Å²) >= 11 is 3.41. The van der Waals surface area contributed by atoms with Crippen LogP contribution in [0.5, 0.6) is 0 Å². The molecule has 0 bridgehead atoms. The van der Waals surface area contributed by atoms with Gasteiger partial charge < -0.3 is 9.63 Å². The van der Waals surface area contributed by atoms with Gasteiger partial charge in [0.1, 0.15) is 11.5 Å². The number of aliphatic hydroxyl groups is 1.